The lowest BCUT2D eigenvalue weighted by Gasteiger charge is -2.17. The van der Waals surface area contributed by atoms with E-state index in [1.807, 2.05) is 0 Å². The molecule has 0 aliphatic heterocycles. The first-order valence-electron chi connectivity index (χ1n) is 8.48. The third-order valence-corrected chi connectivity index (χ3v) is 4.44. The zero-order valence-electron chi connectivity index (χ0n) is 14.1. The summed E-state index contributed by atoms with van der Waals surface area (Å²) in [5, 5.41) is 3.49. The molecule has 1 saturated carbocycles. The summed E-state index contributed by atoms with van der Waals surface area (Å²) in [6.45, 7) is 0.782. The van der Waals surface area contributed by atoms with Crippen molar-refractivity contribution >= 4 is 11.4 Å². The first-order valence-corrected chi connectivity index (χ1v) is 8.48. The maximum absolute atomic E-state index is 6.20. The van der Waals surface area contributed by atoms with Gasteiger partial charge in [-0.2, -0.15) is 0 Å². The molecule has 0 bridgehead atoms. The maximum atomic E-state index is 6.20. The number of hydrogen-bond donors (Lipinski definition) is 1. The number of anilines is 2. The second kappa shape index (κ2) is 7.40. The topological polar surface area (TPSA) is 24.5 Å². The van der Waals surface area contributed by atoms with Gasteiger partial charge in [-0.05, 0) is 56.0 Å². The Balaban J connectivity index is 1.63. The van der Waals surface area contributed by atoms with Crippen LogP contribution in [-0.2, 0) is 6.54 Å². The van der Waals surface area contributed by atoms with E-state index in [4.69, 9.17) is 4.74 Å². The van der Waals surface area contributed by atoms with Gasteiger partial charge in [-0.25, -0.2) is 0 Å². The van der Waals surface area contributed by atoms with E-state index in [-0.39, 0.29) is 0 Å². The van der Waals surface area contributed by atoms with Crippen molar-refractivity contribution < 1.29 is 4.74 Å². The molecule has 0 spiro atoms. The zero-order valence-corrected chi connectivity index (χ0v) is 14.1. The van der Waals surface area contributed by atoms with E-state index < -0.39 is 0 Å². The Bertz CT molecular complexity index is 616. The Hall–Kier alpha value is -2.16. The van der Waals surface area contributed by atoms with Crippen molar-refractivity contribution in [1.29, 1.82) is 0 Å². The maximum Gasteiger partial charge on any atom is 0.124 e. The molecule has 1 fully saturated rings. The highest BCUT2D eigenvalue weighted by Crippen LogP contribution is 2.27. The number of benzene rings is 2. The average Bonchev–Trinajstić information content (AvgIpc) is 3.07. The van der Waals surface area contributed by atoms with Gasteiger partial charge in [0.15, 0.2) is 0 Å². The Morgan fingerprint density at radius 3 is 2.39 bits per heavy atom. The number of nitrogens with one attached hydrogen (secondary N) is 1. The molecule has 0 radical (unpaired) electrons. The van der Waals surface area contributed by atoms with E-state index in [0.29, 0.717) is 6.10 Å². The van der Waals surface area contributed by atoms with E-state index in [1.165, 1.54) is 36.9 Å². The molecule has 122 valence electrons. The van der Waals surface area contributed by atoms with Crippen LogP contribution in [-0.4, -0.2) is 20.2 Å². The number of rotatable bonds is 6. The molecule has 0 saturated heterocycles. The van der Waals surface area contributed by atoms with Crippen LogP contribution in [0.15, 0.2) is 48.5 Å². The molecular weight excluding hydrogens is 284 g/mol. The van der Waals surface area contributed by atoms with Crippen LogP contribution in [0.5, 0.6) is 5.75 Å². The van der Waals surface area contributed by atoms with Gasteiger partial charge in [0, 0.05) is 37.6 Å². The van der Waals surface area contributed by atoms with Crippen molar-refractivity contribution in [3.8, 4) is 5.75 Å². The van der Waals surface area contributed by atoms with Crippen LogP contribution < -0.4 is 15.0 Å². The monoisotopic (exact) mass is 310 g/mol. The molecule has 3 heteroatoms. The Morgan fingerprint density at radius 2 is 1.70 bits per heavy atom. The fourth-order valence-electron chi connectivity index (χ4n) is 3.03. The molecule has 1 aliphatic carbocycles. The van der Waals surface area contributed by atoms with Crippen LogP contribution >= 0.6 is 0 Å². The summed E-state index contributed by atoms with van der Waals surface area (Å²) < 4.78 is 6.20. The van der Waals surface area contributed by atoms with Crippen molar-refractivity contribution in [3.63, 3.8) is 0 Å². The van der Waals surface area contributed by atoms with E-state index >= 15 is 0 Å². The van der Waals surface area contributed by atoms with Crippen LogP contribution in [0.25, 0.3) is 0 Å². The average molecular weight is 310 g/mol. The van der Waals surface area contributed by atoms with Gasteiger partial charge in [0.05, 0.1) is 6.10 Å². The molecule has 0 unspecified atom stereocenters. The van der Waals surface area contributed by atoms with Gasteiger partial charge in [-0.1, -0.05) is 18.2 Å². The van der Waals surface area contributed by atoms with Gasteiger partial charge in [0.25, 0.3) is 0 Å². The van der Waals surface area contributed by atoms with Crippen LogP contribution in [0.1, 0.15) is 31.2 Å². The summed E-state index contributed by atoms with van der Waals surface area (Å²) in [5.41, 5.74) is 3.56. The molecule has 1 aliphatic rings. The van der Waals surface area contributed by atoms with Gasteiger partial charge in [-0.3, -0.25) is 0 Å². The van der Waals surface area contributed by atoms with Gasteiger partial charge in [0.1, 0.15) is 5.75 Å². The van der Waals surface area contributed by atoms with Gasteiger partial charge < -0.3 is 15.0 Å². The fourth-order valence-corrected chi connectivity index (χ4v) is 3.03. The Morgan fingerprint density at radius 1 is 1.00 bits per heavy atom. The van der Waals surface area contributed by atoms with Crippen LogP contribution in [0.3, 0.4) is 0 Å². The summed E-state index contributed by atoms with van der Waals surface area (Å²) in [4.78, 5) is 2.11. The zero-order chi connectivity index (χ0) is 16.1. The van der Waals surface area contributed by atoms with E-state index in [1.54, 1.807) is 0 Å². The third kappa shape index (κ3) is 4.19. The van der Waals surface area contributed by atoms with Crippen molar-refractivity contribution in [2.24, 2.45) is 0 Å². The first-order chi connectivity index (χ1) is 11.2. The van der Waals surface area contributed by atoms with Gasteiger partial charge in [-0.15, -0.1) is 0 Å². The Labute approximate surface area is 139 Å². The minimum atomic E-state index is 0.399. The number of hydrogen-bond acceptors (Lipinski definition) is 3. The minimum Gasteiger partial charge on any atom is -0.490 e. The predicted octanol–water partition coefficient (Wildman–Crippen LogP) is 4.69. The fraction of sp³-hybridized carbons (Fsp3) is 0.400. The molecule has 0 heterocycles. The van der Waals surface area contributed by atoms with Crippen molar-refractivity contribution in [1.82, 2.24) is 0 Å². The van der Waals surface area contributed by atoms with Gasteiger partial charge >= 0.3 is 0 Å². The molecule has 3 nitrogen and oxygen atoms in total. The summed E-state index contributed by atoms with van der Waals surface area (Å²) in [6, 6.07) is 16.9. The van der Waals surface area contributed by atoms with Crippen molar-refractivity contribution in [3.05, 3.63) is 54.1 Å². The normalized spacial score (nSPS) is 14.7. The lowest BCUT2D eigenvalue weighted by molar-refractivity contribution is 0.208. The summed E-state index contributed by atoms with van der Waals surface area (Å²) in [5.74, 6) is 1.02. The van der Waals surface area contributed by atoms with Crippen molar-refractivity contribution in [2.45, 2.75) is 38.3 Å². The SMILES string of the molecule is CN(C)c1ccc(NCc2ccccc2OC2CCCC2)cc1. The molecule has 3 rings (SSSR count). The van der Waals surface area contributed by atoms with E-state index in [2.05, 4.69) is 72.8 Å². The highest BCUT2D eigenvalue weighted by Gasteiger charge is 2.17. The molecule has 23 heavy (non-hydrogen) atoms. The quantitative estimate of drug-likeness (QED) is 0.838. The van der Waals surface area contributed by atoms with Crippen LogP contribution in [0.2, 0.25) is 0 Å². The molecule has 2 aromatic rings. The minimum absolute atomic E-state index is 0.399. The molecule has 1 N–H and O–H groups in total. The third-order valence-electron chi connectivity index (χ3n) is 4.44. The lowest BCUT2D eigenvalue weighted by Crippen LogP contribution is -2.13. The number of para-hydroxylation sites is 1. The summed E-state index contributed by atoms with van der Waals surface area (Å²) in [7, 11) is 4.11. The molecule has 0 amide bonds. The second-order valence-corrected chi connectivity index (χ2v) is 6.43. The molecule has 2 aromatic carbocycles. The smallest absolute Gasteiger partial charge is 0.124 e. The van der Waals surface area contributed by atoms with Crippen molar-refractivity contribution in [2.75, 3.05) is 24.3 Å². The predicted molar refractivity (Wildman–Crippen MR) is 97.4 cm³/mol. The van der Waals surface area contributed by atoms with Gasteiger partial charge in [0.2, 0.25) is 0 Å². The Kier molecular flexibility index (Phi) is 5.06. The summed E-state index contributed by atoms with van der Waals surface area (Å²) in [6.07, 6.45) is 5.37. The van der Waals surface area contributed by atoms with E-state index in [0.717, 1.165) is 18.0 Å². The van der Waals surface area contributed by atoms with E-state index in [9.17, 15) is 0 Å². The van der Waals surface area contributed by atoms with Crippen LogP contribution in [0.4, 0.5) is 11.4 Å². The first kappa shape index (κ1) is 15.7. The molecule has 0 aromatic heterocycles. The van der Waals surface area contributed by atoms with Crippen LogP contribution in [0, 0.1) is 0 Å². The highest BCUT2D eigenvalue weighted by molar-refractivity contribution is 5.54. The highest BCUT2D eigenvalue weighted by atomic mass is 16.5. The second-order valence-electron chi connectivity index (χ2n) is 6.43. The standard InChI is InChI=1S/C20H26N2O/c1-22(2)18-13-11-17(12-14-18)21-15-16-7-3-6-10-20(16)23-19-8-4-5-9-19/h3,6-7,10-14,19,21H,4-5,8-9,15H2,1-2H3. The molecular formula is C20H26N2O. The molecule has 0 atom stereocenters. The largest absolute Gasteiger partial charge is 0.490 e. The summed E-state index contributed by atoms with van der Waals surface area (Å²) >= 11 is 0. The number of nitrogens with zero attached hydrogens (tertiary/aromatic N) is 1. The lowest BCUT2D eigenvalue weighted by atomic mass is 10.2. The number of ether oxygens (including phenoxy) is 1.